The third-order valence-electron chi connectivity index (χ3n) is 13.9. The molecule has 0 spiro atoms. The third-order valence-corrected chi connectivity index (χ3v) is 13.9. The maximum Gasteiger partial charge on any atom is 0.240 e. The lowest BCUT2D eigenvalue weighted by Gasteiger charge is -2.62. The van der Waals surface area contributed by atoms with Crippen LogP contribution >= 0.6 is 0 Å². The maximum absolute atomic E-state index is 14.2. The van der Waals surface area contributed by atoms with Crippen molar-refractivity contribution in [1.82, 2.24) is 20.6 Å². The summed E-state index contributed by atoms with van der Waals surface area (Å²) in [5, 5.41) is 29.5. The van der Waals surface area contributed by atoms with Crippen LogP contribution in [0, 0.1) is 52.8 Å². The third kappa shape index (κ3) is 7.32. The van der Waals surface area contributed by atoms with Crippen molar-refractivity contribution in [1.29, 1.82) is 0 Å². The molecule has 8 unspecified atom stereocenters. The van der Waals surface area contributed by atoms with Crippen LogP contribution in [0.2, 0.25) is 0 Å². The molecule has 7 fully saturated rings. The molecule has 12 nitrogen and oxygen atoms in total. The number of aliphatic hydroxyl groups excluding tert-OH is 2. The van der Waals surface area contributed by atoms with Gasteiger partial charge < -0.3 is 40.0 Å². The number of amides is 2. The van der Waals surface area contributed by atoms with Crippen LogP contribution in [0.4, 0.5) is 0 Å². The van der Waals surface area contributed by atoms with Gasteiger partial charge in [-0.3, -0.25) is 14.4 Å². The Morgan fingerprint density at radius 3 is 2.53 bits per heavy atom. The highest BCUT2D eigenvalue weighted by molar-refractivity contribution is 5.83. The fraction of sp³-hybridized carbons (Fsp3) is 0.946. The predicted molar refractivity (Wildman–Crippen MR) is 183 cm³/mol. The average Bonchev–Trinajstić information content (AvgIpc) is 3.69. The molecule has 15 atom stereocenters. The topological polar surface area (TPSA) is 142 Å². The number of likely N-dealkylation sites (N-methyl/N-ethyl adjacent to an activating group) is 1. The van der Waals surface area contributed by atoms with Crippen LogP contribution < -0.4 is 10.6 Å². The fourth-order valence-electron chi connectivity index (χ4n) is 11.1. The average molecular weight is 693 g/mol. The summed E-state index contributed by atoms with van der Waals surface area (Å²) >= 11 is 0. The lowest BCUT2D eigenvalue weighted by atomic mass is 9.45. The van der Waals surface area contributed by atoms with E-state index in [-0.39, 0.29) is 73.2 Å². The summed E-state index contributed by atoms with van der Waals surface area (Å²) in [6, 6.07) is -0.632. The summed E-state index contributed by atoms with van der Waals surface area (Å²) in [7, 11) is 5.75. The van der Waals surface area contributed by atoms with Crippen LogP contribution in [0.3, 0.4) is 0 Å². The predicted octanol–water partition coefficient (Wildman–Crippen LogP) is 2.02. The van der Waals surface area contributed by atoms with Gasteiger partial charge in [0.1, 0.15) is 18.9 Å². The minimum atomic E-state index is -0.837. The van der Waals surface area contributed by atoms with Crippen molar-refractivity contribution in [2.45, 2.75) is 115 Å². The number of aliphatic hydroxyl groups is 2. The SMILES string of the molecule is COC1C(CN2O[C@@H](CO)[C@@H]([C@H](C)O)[C@H]2C(=O)N[C@H]2CC3C[C@@H]([C@@H]2C)C3(C)C)CCCC1C1CC2OCOC2C(C(=O)NCCN(C)C)C1. The van der Waals surface area contributed by atoms with E-state index in [4.69, 9.17) is 19.0 Å². The zero-order valence-corrected chi connectivity index (χ0v) is 30.9. The van der Waals surface area contributed by atoms with E-state index in [0.29, 0.717) is 36.3 Å². The van der Waals surface area contributed by atoms with Crippen LogP contribution in [0.5, 0.6) is 0 Å². The molecule has 0 aromatic carbocycles. The largest absolute Gasteiger partial charge is 0.394 e. The van der Waals surface area contributed by atoms with Crippen molar-refractivity contribution in [3.05, 3.63) is 0 Å². The van der Waals surface area contributed by atoms with Crippen LogP contribution in [0.15, 0.2) is 0 Å². The first-order valence-corrected chi connectivity index (χ1v) is 19.1. The van der Waals surface area contributed by atoms with Gasteiger partial charge in [-0.2, -0.15) is 5.06 Å². The molecule has 2 aliphatic heterocycles. The second kappa shape index (κ2) is 15.3. The molecule has 0 aromatic heterocycles. The van der Waals surface area contributed by atoms with E-state index in [1.165, 1.54) is 6.42 Å². The molecule has 5 saturated carbocycles. The number of carbonyl (C=O) groups excluding carboxylic acids is 2. The molecule has 49 heavy (non-hydrogen) atoms. The van der Waals surface area contributed by atoms with Gasteiger partial charge >= 0.3 is 0 Å². The van der Waals surface area contributed by atoms with Gasteiger partial charge in [-0.05, 0) is 94.5 Å². The van der Waals surface area contributed by atoms with Crippen molar-refractivity contribution in [3.63, 3.8) is 0 Å². The van der Waals surface area contributed by atoms with E-state index >= 15 is 0 Å². The molecule has 0 radical (unpaired) electrons. The summed E-state index contributed by atoms with van der Waals surface area (Å²) in [5.41, 5.74) is 0.312. The Morgan fingerprint density at radius 1 is 1.10 bits per heavy atom. The summed E-state index contributed by atoms with van der Waals surface area (Å²) < 4.78 is 18.3. The number of nitrogens with one attached hydrogen (secondary N) is 2. The smallest absolute Gasteiger partial charge is 0.240 e. The summed E-state index contributed by atoms with van der Waals surface area (Å²) in [6.45, 7) is 10.4. The molecular formula is C37H64N4O8. The number of hydrogen-bond acceptors (Lipinski definition) is 10. The number of hydrogen-bond donors (Lipinski definition) is 4. The number of methoxy groups -OCH3 is 1. The van der Waals surface area contributed by atoms with Gasteiger partial charge in [0.15, 0.2) is 0 Å². The van der Waals surface area contributed by atoms with E-state index in [1.807, 2.05) is 14.1 Å². The fourth-order valence-corrected chi connectivity index (χ4v) is 11.1. The number of fused-ring (bicyclic) bond motifs is 3. The summed E-state index contributed by atoms with van der Waals surface area (Å²) in [6.07, 6.45) is 4.68. The normalized spacial score (nSPS) is 43.9. The molecule has 7 rings (SSSR count). The lowest BCUT2D eigenvalue weighted by molar-refractivity contribution is -0.193. The molecule has 2 amide bonds. The van der Waals surface area contributed by atoms with E-state index in [9.17, 15) is 19.8 Å². The second-order valence-corrected chi connectivity index (χ2v) is 17.2. The first kappa shape index (κ1) is 37.4. The highest BCUT2D eigenvalue weighted by Gasteiger charge is 2.58. The van der Waals surface area contributed by atoms with Gasteiger partial charge in [0, 0.05) is 44.6 Å². The minimum Gasteiger partial charge on any atom is -0.394 e. The van der Waals surface area contributed by atoms with Crippen molar-refractivity contribution in [2.24, 2.45) is 52.8 Å². The number of carbonyl (C=O) groups is 2. The Hall–Kier alpha value is -1.38. The molecule has 2 saturated heterocycles. The Kier molecular flexibility index (Phi) is 11.7. The molecule has 2 heterocycles. The number of nitrogens with zero attached hydrogens (tertiary/aromatic N) is 2. The Bertz CT molecular complexity index is 1160. The minimum absolute atomic E-state index is 0.0278. The molecule has 280 valence electrons. The van der Waals surface area contributed by atoms with Gasteiger partial charge in [-0.25, -0.2) is 0 Å². The first-order chi connectivity index (χ1) is 23.3. The molecule has 2 bridgehead atoms. The Balaban J connectivity index is 1.16. The van der Waals surface area contributed by atoms with Crippen LogP contribution in [-0.4, -0.2) is 129 Å². The Labute approximate surface area is 293 Å². The molecule has 4 N–H and O–H groups in total. The highest BCUT2D eigenvalue weighted by Crippen LogP contribution is 2.61. The first-order valence-electron chi connectivity index (χ1n) is 19.1. The van der Waals surface area contributed by atoms with E-state index in [0.717, 1.165) is 45.1 Å². The van der Waals surface area contributed by atoms with E-state index in [2.05, 4.69) is 36.3 Å². The van der Waals surface area contributed by atoms with Crippen molar-refractivity contribution >= 4 is 11.8 Å². The van der Waals surface area contributed by atoms with Gasteiger partial charge in [0.25, 0.3) is 0 Å². The van der Waals surface area contributed by atoms with E-state index < -0.39 is 24.2 Å². The van der Waals surface area contributed by atoms with Gasteiger partial charge in [-0.1, -0.05) is 27.2 Å². The highest BCUT2D eigenvalue weighted by atomic mass is 16.7. The van der Waals surface area contributed by atoms with Crippen molar-refractivity contribution in [3.8, 4) is 0 Å². The molecule has 0 aromatic rings. The lowest BCUT2D eigenvalue weighted by Crippen LogP contribution is -2.62. The maximum atomic E-state index is 14.2. The molecule has 7 aliphatic rings. The van der Waals surface area contributed by atoms with Crippen LogP contribution in [-0.2, 0) is 28.6 Å². The standard InChI is InChI=1S/C37H64N4O8/c1-20-27-15-24(37(27,3)4)16-28(20)39-36(45)32-31(21(2)43)30(18-42)49-41(32)17-22-9-8-10-25(33(22)46-7)23-13-26(34-29(14-23)47-19-48-34)35(44)38-11-12-40(5)6/h20-34,42-43H,8-19H2,1-7H3,(H,38,44)(H,39,45)/t20-,21-,22?,23?,24?,25?,26?,27-,28-,29?,30-,31+,32-,33?,34?/m0/s1. The molecular weight excluding hydrogens is 628 g/mol. The zero-order chi connectivity index (χ0) is 35.2. The molecule has 5 aliphatic carbocycles. The summed E-state index contributed by atoms with van der Waals surface area (Å²) in [5.74, 6) is 1.13. The van der Waals surface area contributed by atoms with Crippen LogP contribution in [0.25, 0.3) is 0 Å². The quantitative estimate of drug-likeness (QED) is 0.240. The Morgan fingerprint density at radius 2 is 1.88 bits per heavy atom. The van der Waals surface area contributed by atoms with Gasteiger partial charge in [0.2, 0.25) is 11.8 Å². The number of ether oxygens (including phenoxy) is 3. The zero-order valence-electron chi connectivity index (χ0n) is 30.9. The second-order valence-electron chi connectivity index (χ2n) is 17.2. The van der Waals surface area contributed by atoms with E-state index in [1.54, 1.807) is 19.1 Å². The molecule has 12 heteroatoms. The van der Waals surface area contributed by atoms with Crippen molar-refractivity contribution in [2.75, 3.05) is 54.2 Å². The van der Waals surface area contributed by atoms with Crippen molar-refractivity contribution < 1.29 is 38.9 Å². The summed E-state index contributed by atoms with van der Waals surface area (Å²) in [4.78, 5) is 36.1. The van der Waals surface area contributed by atoms with Crippen LogP contribution in [0.1, 0.15) is 72.6 Å². The number of rotatable bonds is 12. The van der Waals surface area contributed by atoms with Gasteiger partial charge in [-0.15, -0.1) is 0 Å². The monoisotopic (exact) mass is 692 g/mol. The number of hydroxylamine groups is 2. The van der Waals surface area contributed by atoms with Gasteiger partial charge in [0.05, 0.1) is 36.9 Å².